The maximum Gasteiger partial charge on any atom is 0.405 e. The molecular formula is C24H31FN4O2. The van der Waals surface area contributed by atoms with E-state index >= 15 is 0 Å². The number of carboxylic acid groups (broad SMARTS) is 1. The zero-order chi connectivity index (χ0) is 21.9. The average Bonchev–Trinajstić information content (AvgIpc) is 3.22. The second kappa shape index (κ2) is 12.1. The first kappa shape index (κ1) is 22.7. The smallest absolute Gasteiger partial charge is 0.405 e. The minimum Gasteiger partial charge on any atom is -0.465 e. The van der Waals surface area contributed by atoms with E-state index in [2.05, 4.69) is 44.9 Å². The van der Waals surface area contributed by atoms with Gasteiger partial charge in [-0.3, -0.25) is 10.3 Å². The Kier molecular flexibility index (Phi) is 8.84. The van der Waals surface area contributed by atoms with Crippen molar-refractivity contribution in [2.45, 2.75) is 57.5 Å². The van der Waals surface area contributed by atoms with Gasteiger partial charge in [-0.1, -0.05) is 25.3 Å². The molecule has 0 radical (unpaired) electrons. The molecule has 4 N–H and O–H groups in total. The van der Waals surface area contributed by atoms with Crippen LogP contribution in [0.4, 0.5) is 9.18 Å². The minimum absolute atomic E-state index is 0.282. The normalized spacial score (nSPS) is 12.2. The largest absolute Gasteiger partial charge is 0.465 e. The molecule has 0 saturated heterocycles. The molecular weight excluding hydrogens is 395 g/mol. The number of aromatic amines is 1. The van der Waals surface area contributed by atoms with Crippen LogP contribution >= 0.6 is 0 Å². The molecule has 0 fully saturated rings. The van der Waals surface area contributed by atoms with E-state index in [1.165, 1.54) is 22.7 Å². The summed E-state index contributed by atoms with van der Waals surface area (Å²) < 4.78 is 13.6. The number of hydrogen-bond acceptors (Lipinski definition) is 3. The summed E-state index contributed by atoms with van der Waals surface area (Å²) >= 11 is 0. The number of fused-ring (bicyclic) bond motifs is 1. The zero-order valence-corrected chi connectivity index (χ0v) is 17.7. The highest BCUT2D eigenvalue weighted by atomic mass is 19.1. The van der Waals surface area contributed by atoms with Gasteiger partial charge in [-0.2, -0.15) is 0 Å². The molecule has 6 nitrogen and oxygen atoms in total. The van der Waals surface area contributed by atoms with Gasteiger partial charge in [0.05, 0.1) is 12.4 Å². The predicted molar refractivity (Wildman–Crippen MR) is 121 cm³/mol. The van der Waals surface area contributed by atoms with Gasteiger partial charge in [0.25, 0.3) is 0 Å². The Morgan fingerprint density at radius 1 is 1.10 bits per heavy atom. The van der Waals surface area contributed by atoms with Crippen LogP contribution in [0.5, 0.6) is 0 Å². The second-order valence-corrected chi connectivity index (χ2v) is 7.88. The molecule has 31 heavy (non-hydrogen) atoms. The first-order chi connectivity index (χ1) is 15.1. The van der Waals surface area contributed by atoms with Crippen molar-refractivity contribution in [3.8, 4) is 0 Å². The monoisotopic (exact) mass is 426 g/mol. The number of hydrogen-bond donors (Lipinski definition) is 4. The van der Waals surface area contributed by atoms with Crippen LogP contribution in [0.1, 0.15) is 49.7 Å². The Balaban J connectivity index is 1.30. The van der Waals surface area contributed by atoms with E-state index in [1.54, 1.807) is 12.3 Å². The molecule has 0 spiro atoms. The number of H-pyrrole nitrogens is 1. The van der Waals surface area contributed by atoms with E-state index in [9.17, 15) is 9.18 Å². The van der Waals surface area contributed by atoms with E-state index in [0.717, 1.165) is 44.9 Å². The topological polar surface area (TPSA) is 90.0 Å². The van der Waals surface area contributed by atoms with Crippen LogP contribution in [-0.4, -0.2) is 33.9 Å². The number of nitrogens with zero attached hydrogens (tertiary/aromatic N) is 1. The van der Waals surface area contributed by atoms with Crippen molar-refractivity contribution in [2.24, 2.45) is 0 Å². The van der Waals surface area contributed by atoms with Gasteiger partial charge in [-0.15, -0.1) is 0 Å². The number of benzene rings is 1. The second-order valence-electron chi connectivity index (χ2n) is 7.88. The number of aryl methyl sites for hydroxylation is 2. The molecule has 3 rings (SSSR count). The highest BCUT2D eigenvalue weighted by Crippen LogP contribution is 2.17. The maximum atomic E-state index is 13.6. The van der Waals surface area contributed by atoms with Gasteiger partial charge in [0.15, 0.2) is 0 Å². The highest BCUT2D eigenvalue weighted by Gasteiger charge is 2.10. The van der Waals surface area contributed by atoms with Crippen LogP contribution in [0.2, 0.25) is 0 Å². The molecule has 0 aliphatic carbocycles. The summed E-state index contributed by atoms with van der Waals surface area (Å²) in [5.41, 5.74) is 3.15. The van der Waals surface area contributed by atoms with Gasteiger partial charge in [0.1, 0.15) is 5.82 Å². The number of halogens is 1. The average molecular weight is 427 g/mol. The van der Waals surface area contributed by atoms with E-state index < -0.39 is 6.09 Å². The Bertz CT molecular complexity index is 959. The maximum absolute atomic E-state index is 13.6. The fourth-order valence-electron chi connectivity index (χ4n) is 3.83. The van der Waals surface area contributed by atoms with Crippen molar-refractivity contribution in [3.63, 3.8) is 0 Å². The summed E-state index contributed by atoms with van der Waals surface area (Å²) in [6.07, 6.45) is 10.8. The lowest BCUT2D eigenvalue weighted by molar-refractivity contribution is 0.185. The van der Waals surface area contributed by atoms with Gasteiger partial charge >= 0.3 is 6.09 Å². The molecule has 7 heteroatoms. The van der Waals surface area contributed by atoms with Crippen LogP contribution in [-0.2, 0) is 12.8 Å². The SMILES string of the molecule is O=C(O)NC(CCCCCCc1ccc2[nH]ccc2c1)NCCCc1ccncc1F. The third-order valence-corrected chi connectivity index (χ3v) is 5.49. The van der Waals surface area contributed by atoms with Gasteiger partial charge in [0, 0.05) is 17.9 Å². The molecule has 0 bridgehead atoms. The zero-order valence-electron chi connectivity index (χ0n) is 17.7. The molecule has 0 saturated carbocycles. The molecule has 0 aliphatic rings. The predicted octanol–water partition coefficient (Wildman–Crippen LogP) is 5.01. The summed E-state index contributed by atoms with van der Waals surface area (Å²) in [5, 5.41) is 16.1. The fourth-order valence-corrected chi connectivity index (χ4v) is 3.83. The van der Waals surface area contributed by atoms with Crippen molar-refractivity contribution >= 4 is 17.0 Å². The van der Waals surface area contributed by atoms with E-state index in [1.807, 2.05) is 6.20 Å². The summed E-state index contributed by atoms with van der Waals surface area (Å²) in [4.78, 5) is 18.0. The van der Waals surface area contributed by atoms with Crippen LogP contribution in [0.25, 0.3) is 10.9 Å². The Morgan fingerprint density at radius 2 is 1.97 bits per heavy atom. The molecule has 1 aromatic carbocycles. The molecule has 3 aromatic rings. The van der Waals surface area contributed by atoms with Crippen molar-refractivity contribution in [2.75, 3.05) is 6.54 Å². The van der Waals surface area contributed by atoms with Crippen LogP contribution in [0, 0.1) is 5.82 Å². The molecule has 2 aromatic heterocycles. The lowest BCUT2D eigenvalue weighted by Crippen LogP contribution is -2.45. The van der Waals surface area contributed by atoms with Gasteiger partial charge in [-0.25, -0.2) is 9.18 Å². The standard InChI is InChI=1S/C24H31FN4O2/c25-21-17-26-14-11-19(21)7-5-13-28-23(29-24(30)31)8-4-2-1-3-6-18-9-10-22-20(16-18)12-15-27-22/h9-12,14-17,23,27-29H,1-8,13H2,(H,30,31). The third-order valence-electron chi connectivity index (χ3n) is 5.49. The lowest BCUT2D eigenvalue weighted by atomic mass is 10.0. The van der Waals surface area contributed by atoms with Crippen LogP contribution in [0.3, 0.4) is 0 Å². The Hall–Kier alpha value is -2.93. The Morgan fingerprint density at radius 3 is 2.81 bits per heavy atom. The Labute approximate surface area is 182 Å². The number of rotatable bonds is 13. The number of aromatic nitrogens is 2. The van der Waals surface area contributed by atoms with Crippen LogP contribution < -0.4 is 10.6 Å². The first-order valence-corrected chi connectivity index (χ1v) is 11.0. The third kappa shape index (κ3) is 7.68. The summed E-state index contributed by atoms with van der Waals surface area (Å²) in [7, 11) is 0. The lowest BCUT2D eigenvalue weighted by Gasteiger charge is -2.18. The van der Waals surface area contributed by atoms with Gasteiger partial charge < -0.3 is 15.4 Å². The molecule has 1 unspecified atom stereocenters. The quantitative estimate of drug-likeness (QED) is 0.228. The number of nitrogens with one attached hydrogen (secondary N) is 3. The molecule has 1 atom stereocenters. The first-order valence-electron chi connectivity index (χ1n) is 11.0. The molecule has 0 aliphatic heterocycles. The van der Waals surface area contributed by atoms with Crippen molar-refractivity contribution in [1.29, 1.82) is 0 Å². The summed E-state index contributed by atoms with van der Waals surface area (Å²) in [6.45, 7) is 0.619. The fraction of sp³-hybridized carbons (Fsp3) is 0.417. The van der Waals surface area contributed by atoms with Gasteiger partial charge in [0.2, 0.25) is 0 Å². The molecule has 1 amide bonds. The highest BCUT2D eigenvalue weighted by molar-refractivity contribution is 5.79. The molecule has 166 valence electrons. The number of pyridine rings is 1. The number of carbonyl (C=O) groups is 1. The molecule has 2 heterocycles. The van der Waals surface area contributed by atoms with Crippen molar-refractivity contribution in [3.05, 3.63) is 65.9 Å². The summed E-state index contributed by atoms with van der Waals surface area (Å²) in [5.74, 6) is -0.296. The summed E-state index contributed by atoms with van der Waals surface area (Å²) in [6, 6.07) is 10.3. The van der Waals surface area contributed by atoms with E-state index in [0.29, 0.717) is 18.5 Å². The van der Waals surface area contributed by atoms with Crippen molar-refractivity contribution < 1.29 is 14.3 Å². The van der Waals surface area contributed by atoms with Gasteiger partial charge in [-0.05, 0) is 79.4 Å². The number of amides is 1. The van der Waals surface area contributed by atoms with Crippen LogP contribution in [0.15, 0.2) is 48.9 Å². The van der Waals surface area contributed by atoms with E-state index in [-0.39, 0.29) is 12.0 Å². The van der Waals surface area contributed by atoms with Crippen molar-refractivity contribution in [1.82, 2.24) is 20.6 Å². The van der Waals surface area contributed by atoms with E-state index in [4.69, 9.17) is 5.11 Å². The minimum atomic E-state index is -1.03. The number of unbranched alkanes of at least 4 members (excludes halogenated alkanes) is 3.